The first-order valence-corrected chi connectivity index (χ1v) is 17.7. The molecule has 3 heteroatoms. The smallest absolute Gasteiger partial charge is 0.178 e. The van der Waals surface area contributed by atoms with Crippen molar-refractivity contribution >= 4 is 39.4 Å². The van der Waals surface area contributed by atoms with E-state index in [1.54, 1.807) is 12.1 Å². The lowest BCUT2D eigenvalue weighted by Crippen LogP contribution is -2.35. The van der Waals surface area contributed by atoms with Gasteiger partial charge in [0.15, 0.2) is 5.60 Å². The average Bonchev–Trinajstić information content (AvgIpc) is 3.38. The third kappa shape index (κ3) is 4.70. The van der Waals surface area contributed by atoms with E-state index in [2.05, 4.69) is 164 Å². The predicted molar refractivity (Wildman–Crippen MR) is 208 cm³/mol. The minimum Gasteiger partial charge on any atom is -0.472 e. The number of fused-ring (bicyclic) bond motifs is 8. The highest BCUT2D eigenvalue weighted by atomic mass is 127. The van der Waals surface area contributed by atoms with Gasteiger partial charge in [-0.15, -0.1) is 0 Å². The second-order valence-corrected chi connectivity index (χ2v) is 14.8. The standard InChI is InChI=1S/C46H32FIO/c1-45(2)41-28-36(48)21-23-38(41)42-37-22-20-35(47)27-40(37)44-39(43(42)45)24-25-46(49-44,33-14-7-4-8-15-33)34-18-16-30(17-19-34)32-13-9-12-31(26-32)29-10-5-3-6-11-29/h3-28H,1-2H3. The number of benzene rings is 7. The second-order valence-electron chi connectivity index (χ2n) is 13.6. The Kier molecular flexibility index (Phi) is 6.93. The fourth-order valence-electron chi connectivity index (χ4n) is 8.01. The van der Waals surface area contributed by atoms with Crippen LogP contribution in [0.3, 0.4) is 0 Å². The molecule has 1 heterocycles. The molecule has 1 atom stereocenters. The molecule has 236 valence electrons. The molecule has 1 aliphatic heterocycles. The lowest BCUT2D eigenvalue weighted by Gasteiger charge is -2.38. The summed E-state index contributed by atoms with van der Waals surface area (Å²) in [7, 11) is 0. The first-order valence-electron chi connectivity index (χ1n) is 16.6. The van der Waals surface area contributed by atoms with E-state index in [1.165, 1.54) is 37.0 Å². The molecule has 1 nitrogen and oxygen atoms in total. The van der Waals surface area contributed by atoms with Crippen LogP contribution in [0.5, 0.6) is 5.75 Å². The van der Waals surface area contributed by atoms with E-state index in [-0.39, 0.29) is 11.2 Å². The van der Waals surface area contributed by atoms with Crippen LogP contribution in [0.1, 0.15) is 41.7 Å². The Hall–Kier alpha value is -5.00. The molecule has 1 unspecified atom stereocenters. The summed E-state index contributed by atoms with van der Waals surface area (Å²) >= 11 is 2.39. The van der Waals surface area contributed by atoms with Crippen molar-refractivity contribution in [2.45, 2.75) is 24.9 Å². The SMILES string of the molecule is CC1(C)c2cc(I)ccc2-c2c1c1c(c3cc(F)ccc23)OC(c2ccccc2)(c2ccc(-c3cccc(-c4ccccc4)c3)cc2)C=C1. The number of hydrogen-bond acceptors (Lipinski definition) is 1. The van der Waals surface area contributed by atoms with Gasteiger partial charge in [-0.2, -0.15) is 0 Å². The van der Waals surface area contributed by atoms with E-state index >= 15 is 4.39 Å². The summed E-state index contributed by atoms with van der Waals surface area (Å²) in [4.78, 5) is 0. The van der Waals surface area contributed by atoms with Crippen molar-refractivity contribution in [3.05, 3.63) is 189 Å². The maximum atomic E-state index is 15.2. The molecular formula is C46H32FIO. The summed E-state index contributed by atoms with van der Waals surface area (Å²) in [6.07, 6.45) is 4.43. The van der Waals surface area contributed by atoms with Gasteiger partial charge in [-0.05, 0) is 109 Å². The molecule has 0 bridgehead atoms. The third-order valence-electron chi connectivity index (χ3n) is 10.4. The molecular weight excluding hydrogens is 714 g/mol. The van der Waals surface area contributed by atoms with Gasteiger partial charge in [0.1, 0.15) is 11.6 Å². The van der Waals surface area contributed by atoms with Gasteiger partial charge < -0.3 is 4.74 Å². The lowest BCUT2D eigenvalue weighted by atomic mass is 9.76. The van der Waals surface area contributed by atoms with Crippen LogP contribution in [0.25, 0.3) is 50.2 Å². The van der Waals surface area contributed by atoms with Gasteiger partial charge in [-0.1, -0.05) is 135 Å². The van der Waals surface area contributed by atoms with E-state index in [9.17, 15) is 0 Å². The molecule has 7 aromatic carbocycles. The summed E-state index contributed by atoms with van der Waals surface area (Å²) < 4.78 is 23.7. The van der Waals surface area contributed by atoms with Crippen LogP contribution >= 0.6 is 22.6 Å². The molecule has 0 aromatic heterocycles. The highest BCUT2D eigenvalue weighted by Crippen LogP contribution is 2.58. The number of ether oxygens (including phenoxy) is 1. The van der Waals surface area contributed by atoms with Crippen LogP contribution < -0.4 is 4.74 Å². The van der Waals surface area contributed by atoms with E-state index < -0.39 is 5.60 Å². The summed E-state index contributed by atoms with van der Waals surface area (Å²) in [5, 5.41) is 1.80. The maximum Gasteiger partial charge on any atom is 0.178 e. The van der Waals surface area contributed by atoms with Gasteiger partial charge in [0.25, 0.3) is 0 Å². The van der Waals surface area contributed by atoms with Crippen LogP contribution in [0.15, 0.2) is 152 Å². The van der Waals surface area contributed by atoms with Gasteiger partial charge in [-0.3, -0.25) is 0 Å². The molecule has 7 aromatic rings. The highest BCUT2D eigenvalue weighted by molar-refractivity contribution is 14.1. The van der Waals surface area contributed by atoms with Crippen LogP contribution in [0.2, 0.25) is 0 Å². The zero-order chi connectivity index (χ0) is 33.3. The normalized spacial score (nSPS) is 16.9. The molecule has 2 aliphatic rings. The first-order chi connectivity index (χ1) is 23.8. The Morgan fingerprint density at radius 1 is 0.592 bits per heavy atom. The molecule has 0 N–H and O–H groups in total. The van der Waals surface area contributed by atoms with Crippen molar-refractivity contribution < 1.29 is 9.13 Å². The summed E-state index contributed by atoms with van der Waals surface area (Å²) in [6.45, 7) is 4.59. The third-order valence-corrected chi connectivity index (χ3v) is 11.0. The fourth-order valence-corrected chi connectivity index (χ4v) is 8.50. The van der Waals surface area contributed by atoms with Crippen molar-refractivity contribution in [1.29, 1.82) is 0 Å². The molecule has 9 rings (SSSR count). The van der Waals surface area contributed by atoms with Crippen LogP contribution in [0, 0.1) is 9.39 Å². The van der Waals surface area contributed by atoms with Gasteiger partial charge in [0, 0.05) is 31.1 Å². The van der Waals surface area contributed by atoms with E-state index in [1.807, 2.05) is 18.2 Å². The second kappa shape index (κ2) is 11.3. The Morgan fingerprint density at radius 3 is 1.98 bits per heavy atom. The average molecular weight is 747 g/mol. The highest BCUT2D eigenvalue weighted by Gasteiger charge is 2.44. The van der Waals surface area contributed by atoms with Crippen LogP contribution in [0.4, 0.5) is 4.39 Å². The zero-order valence-electron chi connectivity index (χ0n) is 27.2. The number of halogens is 2. The lowest BCUT2D eigenvalue weighted by molar-refractivity contribution is 0.163. The van der Waals surface area contributed by atoms with Crippen LogP contribution in [-0.2, 0) is 11.0 Å². The minimum absolute atomic E-state index is 0.269. The predicted octanol–water partition coefficient (Wildman–Crippen LogP) is 12.6. The molecule has 49 heavy (non-hydrogen) atoms. The summed E-state index contributed by atoms with van der Waals surface area (Å²) in [5.74, 6) is 0.440. The van der Waals surface area contributed by atoms with Gasteiger partial charge >= 0.3 is 0 Å². The van der Waals surface area contributed by atoms with E-state index in [4.69, 9.17) is 4.74 Å². The molecule has 0 radical (unpaired) electrons. The van der Waals surface area contributed by atoms with E-state index in [0.717, 1.165) is 44.3 Å². The summed E-state index contributed by atoms with van der Waals surface area (Å²) in [6, 6.07) is 50.0. The van der Waals surface area contributed by atoms with Crippen molar-refractivity contribution in [1.82, 2.24) is 0 Å². The molecule has 0 amide bonds. The van der Waals surface area contributed by atoms with Crippen molar-refractivity contribution in [2.24, 2.45) is 0 Å². The van der Waals surface area contributed by atoms with Crippen molar-refractivity contribution in [3.8, 4) is 39.1 Å². The van der Waals surface area contributed by atoms with Gasteiger partial charge in [-0.25, -0.2) is 4.39 Å². The van der Waals surface area contributed by atoms with Gasteiger partial charge in [0.05, 0.1) is 0 Å². The fraction of sp³-hybridized carbons (Fsp3) is 0.0870. The zero-order valence-corrected chi connectivity index (χ0v) is 29.3. The molecule has 1 aliphatic carbocycles. The van der Waals surface area contributed by atoms with Crippen LogP contribution in [-0.4, -0.2) is 0 Å². The quantitative estimate of drug-likeness (QED) is 0.163. The Labute approximate surface area is 299 Å². The molecule has 0 saturated carbocycles. The number of rotatable bonds is 4. The molecule has 0 spiro atoms. The molecule has 0 fully saturated rings. The Bertz CT molecular complexity index is 2450. The maximum absolute atomic E-state index is 15.2. The van der Waals surface area contributed by atoms with Gasteiger partial charge in [0.2, 0.25) is 0 Å². The van der Waals surface area contributed by atoms with Crippen molar-refractivity contribution in [3.63, 3.8) is 0 Å². The van der Waals surface area contributed by atoms with E-state index in [0.29, 0.717) is 0 Å². The Morgan fingerprint density at radius 2 is 1.24 bits per heavy atom. The first kappa shape index (κ1) is 30.1. The minimum atomic E-state index is -0.920. The Balaban J connectivity index is 1.22. The summed E-state index contributed by atoms with van der Waals surface area (Å²) in [5.41, 5.74) is 11.4. The number of hydrogen-bond donors (Lipinski definition) is 0. The topological polar surface area (TPSA) is 9.23 Å². The largest absolute Gasteiger partial charge is 0.472 e. The van der Waals surface area contributed by atoms with Crippen molar-refractivity contribution in [2.75, 3.05) is 0 Å². The monoisotopic (exact) mass is 746 g/mol. The molecule has 0 saturated heterocycles.